The second-order valence-corrected chi connectivity index (χ2v) is 5.31. The van der Waals surface area contributed by atoms with Gasteiger partial charge in [-0.2, -0.15) is 0 Å². The molecule has 100 valence electrons. The van der Waals surface area contributed by atoms with Crippen LogP contribution in [0.5, 0.6) is 0 Å². The molecule has 19 heavy (non-hydrogen) atoms. The number of hydrogen-bond donors (Lipinski definition) is 1. The van der Waals surface area contributed by atoms with Crippen LogP contribution in [0.3, 0.4) is 0 Å². The maximum Gasteiger partial charge on any atom is 0.270 e. The summed E-state index contributed by atoms with van der Waals surface area (Å²) in [6, 6.07) is 3.63. The number of ether oxygens (including phenoxy) is 1. The number of rotatable bonds is 4. The Morgan fingerprint density at radius 2 is 2.53 bits per heavy atom. The van der Waals surface area contributed by atoms with Gasteiger partial charge in [-0.15, -0.1) is 11.3 Å². The molecule has 1 N–H and O–H groups in total. The molecule has 0 radical (unpaired) electrons. The van der Waals surface area contributed by atoms with Crippen molar-refractivity contribution in [1.29, 1.82) is 0 Å². The average Bonchev–Trinajstić information content (AvgIpc) is 3.14. The van der Waals surface area contributed by atoms with Gasteiger partial charge in [-0.25, -0.2) is 4.98 Å². The summed E-state index contributed by atoms with van der Waals surface area (Å²) >= 11 is 1.40. The molecular weight excluding hydrogens is 264 g/mol. The number of furan rings is 1. The van der Waals surface area contributed by atoms with E-state index >= 15 is 0 Å². The highest BCUT2D eigenvalue weighted by atomic mass is 32.1. The first-order valence-electron chi connectivity index (χ1n) is 6.18. The predicted molar refractivity (Wildman–Crippen MR) is 71.1 cm³/mol. The Morgan fingerprint density at radius 1 is 1.58 bits per heavy atom. The number of aromatic nitrogens is 1. The predicted octanol–water partition coefficient (Wildman–Crippen LogP) is 2.17. The van der Waals surface area contributed by atoms with Crippen molar-refractivity contribution in [1.82, 2.24) is 10.3 Å². The van der Waals surface area contributed by atoms with E-state index < -0.39 is 0 Å². The quantitative estimate of drug-likeness (QED) is 0.931. The summed E-state index contributed by atoms with van der Waals surface area (Å²) in [7, 11) is 0. The maximum atomic E-state index is 11.9. The topological polar surface area (TPSA) is 64.4 Å². The Morgan fingerprint density at radius 3 is 3.26 bits per heavy atom. The monoisotopic (exact) mass is 278 g/mol. The molecule has 2 aromatic heterocycles. The van der Waals surface area contributed by atoms with Crippen LogP contribution in [0.1, 0.15) is 16.9 Å². The summed E-state index contributed by atoms with van der Waals surface area (Å²) in [5.41, 5.74) is 0.440. The molecule has 0 bridgehead atoms. The summed E-state index contributed by atoms with van der Waals surface area (Å²) in [4.78, 5) is 16.2. The molecule has 3 heterocycles. The number of nitrogens with zero attached hydrogens (tertiary/aromatic N) is 1. The fraction of sp³-hybridized carbons (Fsp3) is 0.385. The fourth-order valence-corrected chi connectivity index (χ4v) is 2.73. The largest absolute Gasteiger partial charge is 0.462 e. The van der Waals surface area contributed by atoms with E-state index in [0.717, 1.165) is 24.6 Å². The van der Waals surface area contributed by atoms with Gasteiger partial charge < -0.3 is 14.5 Å². The fourth-order valence-electron chi connectivity index (χ4n) is 1.96. The van der Waals surface area contributed by atoms with E-state index in [2.05, 4.69) is 10.3 Å². The summed E-state index contributed by atoms with van der Waals surface area (Å²) in [6.45, 7) is 2.17. The molecule has 0 unspecified atom stereocenters. The van der Waals surface area contributed by atoms with Gasteiger partial charge in [-0.05, 0) is 18.6 Å². The summed E-state index contributed by atoms with van der Waals surface area (Å²) in [6.07, 6.45) is 2.60. The molecular formula is C13H14N2O3S. The van der Waals surface area contributed by atoms with Crippen molar-refractivity contribution >= 4 is 17.2 Å². The first kappa shape index (κ1) is 12.4. The second-order valence-electron chi connectivity index (χ2n) is 4.45. The third-order valence-electron chi connectivity index (χ3n) is 3.04. The highest BCUT2D eigenvalue weighted by molar-refractivity contribution is 7.13. The van der Waals surface area contributed by atoms with Crippen LogP contribution in [-0.2, 0) is 4.74 Å². The van der Waals surface area contributed by atoms with Gasteiger partial charge in [0, 0.05) is 24.4 Å². The number of thiazole rings is 1. The van der Waals surface area contributed by atoms with Crippen molar-refractivity contribution in [3.05, 3.63) is 29.5 Å². The molecule has 6 heteroatoms. The smallest absolute Gasteiger partial charge is 0.270 e. The molecule has 1 fully saturated rings. The lowest BCUT2D eigenvalue weighted by Crippen LogP contribution is -2.29. The van der Waals surface area contributed by atoms with Crippen molar-refractivity contribution in [2.75, 3.05) is 19.8 Å². The molecule has 1 amide bonds. The Labute approximate surface area is 114 Å². The van der Waals surface area contributed by atoms with Crippen molar-refractivity contribution in [3.8, 4) is 10.8 Å². The van der Waals surface area contributed by atoms with Crippen molar-refractivity contribution in [3.63, 3.8) is 0 Å². The lowest BCUT2D eigenvalue weighted by Gasteiger charge is -2.07. The Hall–Kier alpha value is -1.66. The zero-order valence-electron chi connectivity index (χ0n) is 10.3. The van der Waals surface area contributed by atoms with Crippen molar-refractivity contribution < 1.29 is 13.9 Å². The molecule has 3 rings (SSSR count). The van der Waals surface area contributed by atoms with Crippen LogP contribution < -0.4 is 5.32 Å². The van der Waals surface area contributed by atoms with E-state index in [-0.39, 0.29) is 5.91 Å². The number of nitrogens with one attached hydrogen (secondary N) is 1. The van der Waals surface area contributed by atoms with Crippen LogP contribution in [0, 0.1) is 5.92 Å². The SMILES string of the molecule is O=C(NC[C@H]1CCOC1)c1csc(-c2ccco2)n1. The second kappa shape index (κ2) is 5.54. The maximum absolute atomic E-state index is 11.9. The summed E-state index contributed by atoms with van der Waals surface area (Å²) in [5.74, 6) is 0.973. The van der Waals surface area contributed by atoms with Gasteiger partial charge in [0.25, 0.3) is 5.91 Å². The lowest BCUT2D eigenvalue weighted by atomic mass is 10.1. The van der Waals surface area contributed by atoms with Gasteiger partial charge in [-0.1, -0.05) is 0 Å². The number of carbonyl (C=O) groups excluding carboxylic acids is 1. The highest BCUT2D eigenvalue weighted by Crippen LogP contribution is 2.23. The van der Waals surface area contributed by atoms with Crippen LogP contribution in [0.15, 0.2) is 28.2 Å². The van der Waals surface area contributed by atoms with Gasteiger partial charge >= 0.3 is 0 Å². The molecule has 1 aliphatic rings. The van der Waals surface area contributed by atoms with Crippen LogP contribution in [0.2, 0.25) is 0 Å². The highest BCUT2D eigenvalue weighted by Gasteiger charge is 2.18. The van der Waals surface area contributed by atoms with Crippen LogP contribution in [-0.4, -0.2) is 30.6 Å². The Balaban J connectivity index is 1.60. The van der Waals surface area contributed by atoms with Crippen LogP contribution >= 0.6 is 11.3 Å². The minimum absolute atomic E-state index is 0.138. The van der Waals surface area contributed by atoms with Crippen molar-refractivity contribution in [2.24, 2.45) is 5.92 Å². The molecule has 0 spiro atoms. The number of amides is 1. The van der Waals surface area contributed by atoms with E-state index in [9.17, 15) is 4.79 Å². The third kappa shape index (κ3) is 2.85. The van der Waals surface area contributed by atoms with Gasteiger partial charge in [-0.3, -0.25) is 4.79 Å². The molecule has 2 aromatic rings. The van der Waals surface area contributed by atoms with E-state index in [1.807, 2.05) is 6.07 Å². The minimum Gasteiger partial charge on any atom is -0.462 e. The number of hydrogen-bond acceptors (Lipinski definition) is 5. The van der Waals surface area contributed by atoms with Gasteiger partial charge in [0.1, 0.15) is 5.69 Å². The Bertz CT molecular complexity index is 544. The molecule has 5 nitrogen and oxygen atoms in total. The zero-order chi connectivity index (χ0) is 13.1. The van der Waals surface area contributed by atoms with E-state index in [4.69, 9.17) is 9.15 Å². The van der Waals surface area contributed by atoms with Gasteiger partial charge in [0.05, 0.1) is 12.9 Å². The van der Waals surface area contributed by atoms with Gasteiger partial charge in [0.2, 0.25) is 0 Å². The molecule has 1 atom stereocenters. The van der Waals surface area contributed by atoms with E-state index in [1.165, 1.54) is 11.3 Å². The number of carbonyl (C=O) groups is 1. The Kier molecular flexibility index (Phi) is 3.61. The molecule has 1 saturated heterocycles. The van der Waals surface area contributed by atoms with Gasteiger partial charge in [0.15, 0.2) is 10.8 Å². The standard InChI is InChI=1S/C13H14N2O3S/c16-12(14-6-9-3-5-17-7-9)10-8-19-13(15-10)11-2-1-4-18-11/h1-2,4,8-9H,3,5-7H2,(H,14,16)/t9-/m1/s1. The lowest BCUT2D eigenvalue weighted by molar-refractivity contribution is 0.0941. The minimum atomic E-state index is -0.138. The molecule has 1 aliphatic heterocycles. The summed E-state index contributed by atoms with van der Waals surface area (Å²) in [5, 5.41) is 5.36. The van der Waals surface area contributed by atoms with E-state index in [0.29, 0.717) is 23.9 Å². The molecule has 0 aromatic carbocycles. The van der Waals surface area contributed by atoms with Crippen molar-refractivity contribution in [2.45, 2.75) is 6.42 Å². The van der Waals surface area contributed by atoms with Crippen LogP contribution in [0.4, 0.5) is 0 Å². The average molecular weight is 278 g/mol. The third-order valence-corrected chi connectivity index (χ3v) is 3.90. The van der Waals surface area contributed by atoms with E-state index in [1.54, 1.807) is 17.7 Å². The zero-order valence-corrected chi connectivity index (χ0v) is 11.1. The first-order chi connectivity index (χ1) is 9.33. The van der Waals surface area contributed by atoms with Crippen LogP contribution in [0.25, 0.3) is 10.8 Å². The normalized spacial score (nSPS) is 18.6. The molecule has 0 saturated carbocycles. The summed E-state index contributed by atoms with van der Waals surface area (Å²) < 4.78 is 10.5. The first-order valence-corrected chi connectivity index (χ1v) is 7.06. The molecule has 0 aliphatic carbocycles.